The van der Waals surface area contributed by atoms with Crippen LogP contribution >= 0.6 is 0 Å². The van der Waals surface area contributed by atoms with Crippen molar-refractivity contribution in [2.45, 2.75) is 20.4 Å². The zero-order chi connectivity index (χ0) is 20.2. The van der Waals surface area contributed by atoms with Crippen molar-refractivity contribution in [2.24, 2.45) is 0 Å². The minimum absolute atomic E-state index is 0.207. The normalized spacial score (nSPS) is 14.2. The van der Waals surface area contributed by atoms with Crippen molar-refractivity contribution < 1.29 is 9.53 Å². The van der Waals surface area contributed by atoms with Crippen LogP contribution in [0.25, 0.3) is 22.4 Å². The van der Waals surface area contributed by atoms with E-state index in [1.54, 1.807) is 0 Å². The number of hydrogen-bond donors (Lipinski definition) is 2. The lowest BCUT2D eigenvalue weighted by Gasteiger charge is -2.29. The number of nitrogens with zero attached hydrogens (tertiary/aromatic N) is 4. The molecule has 152 valence electrons. The number of hydrogen-bond acceptors (Lipinski definition) is 5. The molecular weight excluding hydrogens is 368 g/mol. The number of rotatable bonds is 5. The first-order valence-corrected chi connectivity index (χ1v) is 10.0. The maximum Gasteiger partial charge on any atom is 0.319 e. The van der Waals surface area contributed by atoms with Gasteiger partial charge in [-0.2, -0.15) is 0 Å². The van der Waals surface area contributed by atoms with E-state index in [-0.39, 0.29) is 6.03 Å². The minimum Gasteiger partial charge on any atom is -0.378 e. The molecule has 2 N–H and O–H groups in total. The molecule has 3 heterocycles. The van der Waals surface area contributed by atoms with E-state index in [2.05, 4.69) is 38.1 Å². The molecule has 4 rings (SSSR count). The van der Waals surface area contributed by atoms with Crippen molar-refractivity contribution in [3.8, 4) is 11.3 Å². The van der Waals surface area contributed by atoms with Gasteiger partial charge in [0.25, 0.3) is 0 Å². The quantitative estimate of drug-likeness (QED) is 0.695. The Balaban J connectivity index is 1.70. The summed E-state index contributed by atoms with van der Waals surface area (Å²) in [6.07, 6.45) is 1.85. The van der Waals surface area contributed by atoms with Crippen LogP contribution in [0.1, 0.15) is 13.8 Å². The van der Waals surface area contributed by atoms with Crippen LogP contribution in [-0.2, 0) is 11.3 Å². The molecule has 1 aliphatic rings. The van der Waals surface area contributed by atoms with E-state index in [4.69, 9.17) is 9.72 Å². The highest BCUT2D eigenvalue weighted by Gasteiger charge is 2.19. The van der Waals surface area contributed by atoms with Crippen molar-refractivity contribution in [1.82, 2.24) is 19.9 Å². The highest BCUT2D eigenvalue weighted by atomic mass is 16.5. The topological polar surface area (TPSA) is 84.3 Å². The van der Waals surface area contributed by atoms with Gasteiger partial charge in [-0.05, 0) is 32.0 Å². The van der Waals surface area contributed by atoms with Crippen LogP contribution < -0.4 is 15.5 Å². The number of morpholine rings is 1. The Labute approximate surface area is 169 Å². The van der Waals surface area contributed by atoms with E-state index in [1.807, 2.05) is 37.5 Å². The summed E-state index contributed by atoms with van der Waals surface area (Å²) in [6, 6.07) is 9.63. The summed E-state index contributed by atoms with van der Waals surface area (Å²) in [4.78, 5) is 23.6. The maximum absolute atomic E-state index is 11.7. The largest absolute Gasteiger partial charge is 0.378 e. The Morgan fingerprint density at radius 1 is 1.17 bits per heavy atom. The van der Waals surface area contributed by atoms with Gasteiger partial charge in [-0.15, -0.1) is 0 Å². The number of aryl methyl sites for hydroxylation is 1. The Hall–Kier alpha value is -3.13. The van der Waals surface area contributed by atoms with Crippen molar-refractivity contribution in [2.75, 3.05) is 43.1 Å². The zero-order valence-electron chi connectivity index (χ0n) is 16.8. The summed E-state index contributed by atoms with van der Waals surface area (Å²) >= 11 is 0. The zero-order valence-corrected chi connectivity index (χ0v) is 16.8. The fourth-order valence-electron chi connectivity index (χ4n) is 3.50. The highest BCUT2D eigenvalue weighted by molar-refractivity contribution is 5.91. The smallest absolute Gasteiger partial charge is 0.319 e. The number of ether oxygens (including phenoxy) is 1. The number of benzene rings is 1. The number of fused-ring (bicyclic) bond motifs is 1. The molecule has 8 heteroatoms. The number of carbonyl (C=O) groups excluding carboxylic acids is 1. The third kappa shape index (κ3) is 4.02. The molecule has 0 aliphatic carbocycles. The van der Waals surface area contributed by atoms with E-state index in [9.17, 15) is 4.79 Å². The van der Waals surface area contributed by atoms with E-state index in [1.165, 1.54) is 0 Å². The number of carbonyl (C=O) groups is 1. The molecule has 8 nitrogen and oxygen atoms in total. The van der Waals surface area contributed by atoms with Gasteiger partial charge in [-0.1, -0.05) is 12.1 Å². The van der Waals surface area contributed by atoms with Gasteiger partial charge in [0, 0.05) is 37.4 Å². The summed E-state index contributed by atoms with van der Waals surface area (Å²) in [5.41, 5.74) is 5.52. The monoisotopic (exact) mass is 394 g/mol. The summed E-state index contributed by atoms with van der Waals surface area (Å²) < 4.78 is 7.58. The number of anilines is 2. The molecule has 29 heavy (non-hydrogen) atoms. The molecular formula is C21H26N6O2. The summed E-state index contributed by atoms with van der Waals surface area (Å²) in [5, 5.41) is 5.55. The van der Waals surface area contributed by atoms with E-state index >= 15 is 0 Å². The fraction of sp³-hybridized carbons (Fsp3) is 0.381. The summed E-state index contributed by atoms with van der Waals surface area (Å²) in [6.45, 7) is 8.49. The first-order chi connectivity index (χ1) is 14.2. The van der Waals surface area contributed by atoms with Gasteiger partial charge in [-0.25, -0.2) is 14.8 Å². The standard InChI is InChI=1S/C21H26N6O2/c1-3-22-21(28)24-16-7-5-15(6-8-16)17-13-18(27-9-11-29-12-10-27)19-20(25-17)26(4-2)14-23-19/h5-8,13-14H,3-4,9-12H2,1-2H3,(H2,22,24,28). The Morgan fingerprint density at radius 2 is 1.93 bits per heavy atom. The van der Waals surface area contributed by atoms with Gasteiger partial charge in [0.1, 0.15) is 5.52 Å². The maximum atomic E-state index is 11.7. The van der Waals surface area contributed by atoms with E-state index in [0.29, 0.717) is 19.8 Å². The van der Waals surface area contributed by atoms with Crippen molar-refractivity contribution in [3.63, 3.8) is 0 Å². The highest BCUT2D eigenvalue weighted by Crippen LogP contribution is 2.31. The summed E-state index contributed by atoms with van der Waals surface area (Å²) in [7, 11) is 0. The molecule has 0 atom stereocenters. The van der Waals surface area contributed by atoms with Crippen LogP contribution in [0.3, 0.4) is 0 Å². The molecule has 0 radical (unpaired) electrons. The number of aromatic nitrogens is 3. The van der Waals surface area contributed by atoms with E-state index in [0.717, 1.165) is 53.4 Å². The van der Waals surface area contributed by atoms with Gasteiger partial charge in [0.05, 0.1) is 30.9 Å². The average molecular weight is 394 g/mol. The molecule has 1 fully saturated rings. The molecule has 0 saturated carbocycles. The van der Waals surface area contributed by atoms with Gasteiger partial charge >= 0.3 is 6.03 Å². The van der Waals surface area contributed by atoms with Crippen molar-refractivity contribution in [1.29, 1.82) is 0 Å². The number of amides is 2. The van der Waals surface area contributed by atoms with E-state index < -0.39 is 0 Å². The Kier molecular flexibility index (Phi) is 5.62. The molecule has 2 aromatic heterocycles. The minimum atomic E-state index is -0.207. The lowest BCUT2D eigenvalue weighted by molar-refractivity contribution is 0.123. The average Bonchev–Trinajstić information content (AvgIpc) is 3.17. The van der Waals surface area contributed by atoms with Gasteiger partial charge in [0.15, 0.2) is 5.65 Å². The van der Waals surface area contributed by atoms with Crippen molar-refractivity contribution in [3.05, 3.63) is 36.7 Å². The van der Waals surface area contributed by atoms with Gasteiger partial charge < -0.3 is 24.8 Å². The molecule has 3 aromatic rings. The second kappa shape index (κ2) is 8.48. The molecule has 1 aromatic carbocycles. The molecule has 0 bridgehead atoms. The molecule has 1 aliphatic heterocycles. The predicted molar refractivity (Wildman–Crippen MR) is 114 cm³/mol. The summed E-state index contributed by atoms with van der Waals surface area (Å²) in [5.74, 6) is 0. The molecule has 0 spiro atoms. The van der Waals surface area contributed by atoms with Gasteiger partial charge in [-0.3, -0.25) is 0 Å². The second-order valence-electron chi connectivity index (χ2n) is 6.89. The molecule has 1 saturated heterocycles. The third-order valence-electron chi connectivity index (χ3n) is 5.02. The third-order valence-corrected chi connectivity index (χ3v) is 5.02. The molecule has 2 amide bonds. The lowest BCUT2D eigenvalue weighted by Crippen LogP contribution is -2.36. The lowest BCUT2D eigenvalue weighted by atomic mass is 10.1. The van der Waals surface area contributed by atoms with Crippen LogP contribution in [-0.4, -0.2) is 53.4 Å². The first-order valence-electron chi connectivity index (χ1n) is 10.0. The van der Waals surface area contributed by atoms with Crippen LogP contribution in [0, 0.1) is 0 Å². The second-order valence-corrected chi connectivity index (χ2v) is 6.89. The van der Waals surface area contributed by atoms with Crippen LogP contribution in [0.5, 0.6) is 0 Å². The number of nitrogens with one attached hydrogen (secondary N) is 2. The van der Waals surface area contributed by atoms with Crippen LogP contribution in [0.2, 0.25) is 0 Å². The predicted octanol–water partition coefficient (Wildman–Crippen LogP) is 3.10. The fourth-order valence-corrected chi connectivity index (χ4v) is 3.50. The number of imidazole rings is 1. The van der Waals surface area contributed by atoms with Crippen LogP contribution in [0.4, 0.5) is 16.2 Å². The number of urea groups is 1. The van der Waals surface area contributed by atoms with Crippen molar-refractivity contribution >= 4 is 28.6 Å². The number of pyridine rings is 1. The Bertz CT molecular complexity index is 992. The SMILES string of the molecule is CCNC(=O)Nc1ccc(-c2cc(N3CCOCC3)c3ncn(CC)c3n2)cc1. The first kappa shape index (κ1) is 19.2. The molecule has 0 unspecified atom stereocenters. The Morgan fingerprint density at radius 3 is 2.62 bits per heavy atom. The van der Waals surface area contributed by atoms with Gasteiger partial charge in [0.2, 0.25) is 0 Å². The van der Waals surface area contributed by atoms with Crippen LogP contribution in [0.15, 0.2) is 36.7 Å².